The van der Waals surface area contributed by atoms with Gasteiger partial charge >= 0.3 is 11.7 Å². The average molecular weight is 545 g/mol. The number of nitro benzene ring substituents is 1. The van der Waals surface area contributed by atoms with E-state index in [9.17, 15) is 19.7 Å². The van der Waals surface area contributed by atoms with Gasteiger partial charge in [0, 0.05) is 22.0 Å². The van der Waals surface area contributed by atoms with Crippen LogP contribution >= 0.6 is 15.9 Å². The molecule has 184 valence electrons. The van der Waals surface area contributed by atoms with Crippen molar-refractivity contribution in [3.05, 3.63) is 72.7 Å². The SMILES string of the molecule is CC[C@@H](C)c1nc2ccc(Br)cc2c(=O)n1N=Cc1ccc(OCC(=O)OC(C)C)c([N+](=O)[O-])c1. The van der Waals surface area contributed by atoms with Crippen LogP contribution in [0.3, 0.4) is 0 Å². The fourth-order valence-electron chi connectivity index (χ4n) is 3.22. The van der Waals surface area contributed by atoms with Crippen molar-refractivity contribution in [2.45, 2.75) is 46.1 Å². The van der Waals surface area contributed by atoms with Crippen LogP contribution in [0.2, 0.25) is 0 Å². The molecule has 3 rings (SSSR count). The number of carbonyl (C=O) groups excluding carboxylic acids is 1. The Morgan fingerprint density at radius 3 is 2.66 bits per heavy atom. The number of esters is 1. The monoisotopic (exact) mass is 544 g/mol. The molecule has 0 fully saturated rings. The lowest BCUT2D eigenvalue weighted by Crippen LogP contribution is -2.23. The Bertz CT molecular complexity index is 1350. The number of carbonyl (C=O) groups is 1. The van der Waals surface area contributed by atoms with Crippen molar-refractivity contribution >= 4 is 44.7 Å². The first kappa shape index (κ1) is 26.0. The second-order valence-electron chi connectivity index (χ2n) is 8.11. The number of fused-ring (bicyclic) bond motifs is 1. The van der Waals surface area contributed by atoms with E-state index in [0.717, 1.165) is 10.9 Å². The van der Waals surface area contributed by atoms with Gasteiger partial charge in [0.2, 0.25) is 0 Å². The van der Waals surface area contributed by atoms with Gasteiger partial charge in [0.05, 0.1) is 28.1 Å². The van der Waals surface area contributed by atoms with Crippen LogP contribution in [0.4, 0.5) is 5.69 Å². The second kappa shape index (κ2) is 11.2. The number of hydrogen-bond acceptors (Lipinski definition) is 8. The summed E-state index contributed by atoms with van der Waals surface area (Å²) >= 11 is 3.37. The molecule has 1 heterocycles. The smallest absolute Gasteiger partial charge is 0.344 e. The quantitative estimate of drug-likeness (QED) is 0.164. The predicted octanol–water partition coefficient (Wildman–Crippen LogP) is 4.79. The van der Waals surface area contributed by atoms with Gasteiger partial charge in [-0.2, -0.15) is 9.78 Å². The number of ether oxygens (including phenoxy) is 2. The summed E-state index contributed by atoms with van der Waals surface area (Å²) in [6.45, 7) is 6.85. The van der Waals surface area contributed by atoms with Crippen LogP contribution in [0.25, 0.3) is 10.9 Å². The lowest BCUT2D eigenvalue weighted by molar-refractivity contribution is -0.385. The maximum atomic E-state index is 13.2. The molecule has 0 unspecified atom stereocenters. The standard InChI is InChI=1S/C24H25BrN4O6/c1-5-15(4)23-27-19-8-7-17(25)11-18(19)24(31)28(23)26-12-16-6-9-21(20(10-16)29(32)33)34-13-22(30)35-14(2)3/h6-12,14-15H,5,13H2,1-4H3/t15-/m1/s1. The highest BCUT2D eigenvalue weighted by Gasteiger charge is 2.19. The molecule has 0 bridgehead atoms. The molecule has 1 atom stereocenters. The molecular formula is C24H25BrN4O6. The van der Waals surface area contributed by atoms with Crippen LogP contribution < -0.4 is 10.3 Å². The largest absolute Gasteiger partial charge is 0.475 e. The molecule has 35 heavy (non-hydrogen) atoms. The van der Waals surface area contributed by atoms with Crippen LogP contribution in [-0.4, -0.2) is 39.5 Å². The molecule has 0 saturated heterocycles. The molecule has 2 aromatic carbocycles. The van der Waals surface area contributed by atoms with Crippen molar-refractivity contribution < 1.29 is 19.2 Å². The third kappa shape index (κ3) is 6.30. The molecule has 0 spiro atoms. The van der Waals surface area contributed by atoms with Gasteiger partial charge in [-0.3, -0.25) is 14.9 Å². The van der Waals surface area contributed by atoms with Gasteiger partial charge in [0.15, 0.2) is 12.4 Å². The minimum Gasteiger partial charge on any atom is -0.475 e. The van der Waals surface area contributed by atoms with Gasteiger partial charge in [-0.1, -0.05) is 29.8 Å². The van der Waals surface area contributed by atoms with Crippen molar-refractivity contribution in [2.75, 3.05) is 6.61 Å². The zero-order chi connectivity index (χ0) is 25.7. The van der Waals surface area contributed by atoms with Crippen molar-refractivity contribution in [1.29, 1.82) is 0 Å². The summed E-state index contributed by atoms with van der Waals surface area (Å²) in [5, 5.41) is 16.3. The molecular weight excluding hydrogens is 520 g/mol. The molecule has 3 aromatic rings. The van der Waals surface area contributed by atoms with E-state index in [2.05, 4.69) is 26.0 Å². The first-order valence-corrected chi connectivity index (χ1v) is 11.8. The van der Waals surface area contributed by atoms with E-state index in [1.807, 2.05) is 19.9 Å². The minimum absolute atomic E-state index is 0.0522. The van der Waals surface area contributed by atoms with Crippen molar-refractivity contribution in [1.82, 2.24) is 9.66 Å². The highest BCUT2D eigenvalue weighted by molar-refractivity contribution is 9.10. The third-order valence-corrected chi connectivity index (χ3v) is 5.59. The van der Waals surface area contributed by atoms with E-state index in [1.54, 1.807) is 32.0 Å². The zero-order valence-corrected chi connectivity index (χ0v) is 21.3. The molecule has 0 radical (unpaired) electrons. The highest BCUT2D eigenvalue weighted by Crippen LogP contribution is 2.28. The Kier molecular flexibility index (Phi) is 8.34. The Hall–Kier alpha value is -3.60. The Labute approximate surface area is 209 Å². The molecule has 0 N–H and O–H groups in total. The second-order valence-corrected chi connectivity index (χ2v) is 9.03. The molecule has 0 saturated carbocycles. The first-order chi connectivity index (χ1) is 16.6. The number of benzene rings is 2. The maximum absolute atomic E-state index is 13.2. The van der Waals surface area contributed by atoms with Crippen LogP contribution in [0.15, 0.2) is 50.8 Å². The fraction of sp³-hybridized carbons (Fsp3) is 0.333. The Morgan fingerprint density at radius 1 is 1.26 bits per heavy atom. The number of nitro groups is 1. The molecule has 0 aliphatic heterocycles. The van der Waals surface area contributed by atoms with Crippen LogP contribution in [-0.2, 0) is 9.53 Å². The number of aromatic nitrogens is 2. The number of halogens is 1. The fourth-order valence-corrected chi connectivity index (χ4v) is 3.58. The predicted molar refractivity (Wildman–Crippen MR) is 135 cm³/mol. The average Bonchev–Trinajstić information content (AvgIpc) is 2.81. The summed E-state index contributed by atoms with van der Waals surface area (Å²) in [4.78, 5) is 40.5. The van der Waals surface area contributed by atoms with Crippen molar-refractivity contribution in [2.24, 2.45) is 5.10 Å². The molecule has 0 aliphatic carbocycles. The molecule has 0 aliphatic rings. The highest BCUT2D eigenvalue weighted by atomic mass is 79.9. The topological polar surface area (TPSA) is 126 Å². The van der Waals surface area contributed by atoms with E-state index < -0.39 is 17.5 Å². The molecule has 10 nitrogen and oxygen atoms in total. The number of hydrogen-bond donors (Lipinski definition) is 0. The molecule has 1 aromatic heterocycles. The van der Waals surface area contributed by atoms with Crippen LogP contribution in [0.5, 0.6) is 5.75 Å². The normalized spacial score (nSPS) is 12.3. The van der Waals surface area contributed by atoms with Gasteiger partial charge in [-0.15, -0.1) is 0 Å². The summed E-state index contributed by atoms with van der Waals surface area (Å²) in [6.07, 6.45) is 1.76. The van der Waals surface area contributed by atoms with Gasteiger partial charge in [0.25, 0.3) is 5.56 Å². The van der Waals surface area contributed by atoms with Gasteiger partial charge < -0.3 is 9.47 Å². The van der Waals surface area contributed by atoms with Crippen molar-refractivity contribution in [3.8, 4) is 5.75 Å². The third-order valence-electron chi connectivity index (χ3n) is 5.10. The molecule has 11 heteroatoms. The van der Waals surface area contributed by atoms with E-state index >= 15 is 0 Å². The van der Waals surface area contributed by atoms with Gasteiger partial charge in [-0.05, 0) is 50.6 Å². The van der Waals surface area contributed by atoms with E-state index in [-0.39, 0.29) is 29.0 Å². The lowest BCUT2D eigenvalue weighted by Gasteiger charge is -2.14. The Morgan fingerprint density at radius 2 is 2.00 bits per heavy atom. The molecule has 0 amide bonds. The summed E-state index contributed by atoms with van der Waals surface area (Å²) < 4.78 is 12.2. The van der Waals surface area contributed by atoms with E-state index in [1.165, 1.54) is 23.0 Å². The zero-order valence-electron chi connectivity index (χ0n) is 19.7. The summed E-state index contributed by atoms with van der Waals surface area (Å²) in [6, 6.07) is 9.42. The summed E-state index contributed by atoms with van der Waals surface area (Å²) in [5.41, 5.74) is 0.237. The van der Waals surface area contributed by atoms with Crippen LogP contribution in [0.1, 0.15) is 51.4 Å². The summed E-state index contributed by atoms with van der Waals surface area (Å²) in [5.74, 6) is -0.278. The minimum atomic E-state index is -0.632. The Balaban J connectivity index is 1.98. The van der Waals surface area contributed by atoms with Gasteiger partial charge in [0.1, 0.15) is 5.82 Å². The van der Waals surface area contributed by atoms with E-state index in [0.29, 0.717) is 22.3 Å². The van der Waals surface area contributed by atoms with E-state index in [4.69, 9.17) is 9.47 Å². The number of rotatable bonds is 9. The number of nitrogens with zero attached hydrogens (tertiary/aromatic N) is 4. The maximum Gasteiger partial charge on any atom is 0.344 e. The summed E-state index contributed by atoms with van der Waals surface area (Å²) in [7, 11) is 0. The van der Waals surface area contributed by atoms with Gasteiger partial charge in [-0.25, -0.2) is 9.78 Å². The van der Waals surface area contributed by atoms with Crippen LogP contribution in [0, 0.1) is 10.1 Å². The lowest BCUT2D eigenvalue weighted by atomic mass is 10.1. The van der Waals surface area contributed by atoms with Crippen molar-refractivity contribution in [3.63, 3.8) is 0 Å². The first-order valence-electron chi connectivity index (χ1n) is 11.0.